The molecule has 3 aliphatic rings. The summed E-state index contributed by atoms with van der Waals surface area (Å²) in [6.45, 7) is 17.3. The minimum atomic E-state index is -0.687. The fraction of sp³-hybridized carbons (Fsp3) is 0.741. The van der Waals surface area contributed by atoms with Gasteiger partial charge in [0.1, 0.15) is 6.04 Å². The third-order valence-electron chi connectivity index (χ3n) is 8.11. The molecule has 0 aromatic rings. The lowest BCUT2D eigenvalue weighted by Gasteiger charge is -2.42. The van der Waals surface area contributed by atoms with Crippen LogP contribution in [-0.2, 0) is 14.4 Å². The number of aliphatic hydroxyl groups excluding tert-OH is 1. The highest BCUT2D eigenvalue weighted by atomic mass is 32.2. The van der Waals surface area contributed by atoms with Crippen molar-refractivity contribution in [3.63, 3.8) is 0 Å². The Morgan fingerprint density at radius 2 is 1.91 bits per heavy atom. The van der Waals surface area contributed by atoms with E-state index in [9.17, 15) is 19.5 Å². The van der Waals surface area contributed by atoms with E-state index in [2.05, 4.69) is 27.0 Å². The van der Waals surface area contributed by atoms with Gasteiger partial charge in [-0.15, -0.1) is 24.9 Å². The summed E-state index contributed by atoms with van der Waals surface area (Å²) in [6.07, 6.45) is 6.90. The van der Waals surface area contributed by atoms with Gasteiger partial charge in [-0.2, -0.15) is 0 Å². The van der Waals surface area contributed by atoms with Crippen molar-refractivity contribution in [3.8, 4) is 0 Å². The Balaban J connectivity index is 2.06. The largest absolute Gasteiger partial charge is 0.395 e. The van der Waals surface area contributed by atoms with Gasteiger partial charge in [-0.1, -0.05) is 39.3 Å². The Labute approximate surface area is 215 Å². The molecule has 4 unspecified atom stereocenters. The molecule has 1 N–H and O–H groups in total. The third kappa shape index (κ3) is 4.57. The molecule has 196 valence electrons. The average molecular weight is 506 g/mol. The van der Waals surface area contributed by atoms with Gasteiger partial charge in [-0.25, -0.2) is 0 Å². The first-order chi connectivity index (χ1) is 16.7. The summed E-state index contributed by atoms with van der Waals surface area (Å²) in [5.74, 6) is -1.13. The average Bonchev–Trinajstić information content (AvgIpc) is 3.41. The van der Waals surface area contributed by atoms with Crippen LogP contribution in [0.15, 0.2) is 25.3 Å². The number of hydrogen-bond donors (Lipinski definition) is 1. The lowest BCUT2D eigenvalue weighted by Crippen LogP contribution is -2.59. The second kappa shape index (κ2) is 11.5. The molecule has 0 aromatic carbocycles. The fourth-order valence-corrected chi connectivity index (χ4v) is 9.12. The molecule has 3 aliphatic heterocycles. The van der Waals surface area contributed by atoms with Gasteiger partial charge in [-0.3, -0.25) is 14.4 Å². The Morgan fingerprint density at radius 1 is 1.23 bits per heavy atom. The van der Waals surface area contributed by atoms with Crippen molar-refractivity contribution in [1.29, 1.82) is 0 Å². The molecule has 8 heteroatoms. The Kier molecular flexibility index (Phi) is 9.13. The minimum Gasteiger partial charge on any atom is -0.395 e. The highest BCUT2D eigenvalue weighted by Crippen LogP contribution is 2.68. The molecule has 3 heterocycles. The molecule has 0 aliphatic carbocycles. The Morgan fingerprint density at radius 3 is 2.49 bits per heavy atom. The van der Waals surface area contributed by atoms with E-state index in [1.54, 1.807) is 28.8 Å². The van der Waals surface area contributed by atoms with Crippen molar-refractivity contribution < 1.29 is 19.5 Å². The molecule has 0 radical (unpaired) electrons. The summed E-state index contributed by atoms with van der Waals surface area (Å²) in [5.41, 5.74) is 0. The molecule has 3 saturated heterocycles. The number of likely N-dealkylation sites (tertiary alicyclic amines) is 1. The van der Waals surface area contributed by atoms with Gasteiger partial charge < -0.3 is 19.8 Å². The molecule has 3 rings (SSSR count). The second-order valence-corrected chi connectivity index (χ2v) is 11.8. The monoisotopic (exact) mass is 505 g/mol. The first kappa shape index (κ1) is 27.8. The van der Waals surface area contributed by atoms with Crippen LogP contribution in [0, 0.1) is 17.8 Å². The van der Waals surface area contributed by atoms with Crippen LogP contribution in [0.2, 0.25) is 0 Å². The summed E-state index contributed by atoms with van der Waals surface area (Å²) >= 11 is 1.69. The number of hydrogen-bond acceptors (Lipinski definition) is 5. The van der Waals surface area contributed by atoms with Crippen molar-refractivity contribution in [2.24, 2.45) is 17.8 Å². The number of aliphatic hydroxyl groups is 1. The fourth-order valence-electron chi connectivity index (χ4n) is 6.71. The van der Waals surface area contributed by atoms with E-state index in [1.807, 2.05) is 23.6 Å². The van der Waals surface area contributed by atoms with E-state index in [0.717, 1.165) is 25.7 Å². The van der Waals surface area contributed by atoms with Crippen LogP contribution in [0.4, 0.5) is 0 Å². The lowest BCUT2D eigenvalue weighted by molar-refractivity contribution is -0.145. The Bertz CT molecular complexity index is 835. The summed E-state index contributed by atoms with van der Waals surface area (Å²) in [4.78, 5) is 47.3. The summed E-state index contributed by atoms with van der Waals surface area (Å²) in [6, 6.07) is -0.677. The predicted octanol–water partition coefficient (Wildman–Crippen LogP) is 2.94. The maximum atomic E-state index is 14.2. The molecular weight excluding hydrogens is 462 g/mol. The van der Waals surface area contributed by atoms with Crippen molar-refractivity contribution in [3.05, 3.63) is 25.3 Å². The maximum absolute atomic E-state index is 14.2. The van der Waals surface area contributed by atoms with Crippen LogP contribution in [0.5, 0.6) is 0 Å². The number of nitrogens with zero attached hydrogens (tertiary/aromatic N) is 3. The van der Waals surface area contributed by atoms with Crippen LogP contribution in [0.25, 0.3) is 0 Å². The van der Waals surface area contributed by atoms with Gasteiger partial charge in [-0.05, 0) is 32.1 Å². The van der Waals surface area contributed by atoms with E-state index in [4.69, 9.17) is 0 Å². The molecule has 3 fully saturated rings. The van der Waals surface area contributed by atoms with Crippen molar-refractivity contribution in [2.45, 2.75) is 75.5 Å². The zero-order valence-corrected chi connectivity index (χ0v) is 22.6. The molecule has 3 amide bonds. The van der Waals surface area contributed by atoms with Gasteiger partial charge in [0, 0.05) is 37.5 Å². The zero-order valence-electron chi connectivity index (χ0n) is 21.8. The summed E-state index contributed by atoms with van der Waals surface area (Å²) < 4.78 is -0.661. The highest BCUT2D eigenvalue weighted by molar-refractivity contribution is 8.02. The third-order valence-corrected chi connectivity index (χ3v) is 10.2. The molecule has 0 saturated carbocycles. The summed E-state index contributed by atoms with van der Waals surface area (Å²) in [7, 11) is 0. The molecule has 1 spiro atoms. The van der Waals surface area contributed by atoms with Crippen LogP contribution in [0.1, 0.15) is 53.4 Å². The highest BCUT2D eigenvalue weighted by Gasteiger charge is 2.76. The van der Waals surface area contributed by atoms with E-state index < -0.39 is 22.6 Å². The number of rotatable bonds is 13. The van der Waals surface area contributed by atoms with Crippen molar-refractivity contribution in [2.75, 3.05) is 32.8 Å². The zero-order chi connectivity index (χ0) is 25.9. The maximum Gasteiger partial charge on any atom is 0.247 e. The molecule has 2 bridgehead atoms. The van der Waals surface area contributed by atoms with E-state index in [0.29, 0.717) is 19.6 Å². The number of β-amino-alcohol motifs (C(OH)–C–C–N with tert-alkyl or cyclic N) is 1. The van der Waals surface area contributed by atoms with Crippen LogP contribution in [-0.4, -0.2) is 92.4 Å². The quantitative estimate of drug-likeness (QED) is 0.389. The topological polar surface area (TPSA) is 81.2 Å². The number of amides is 3. The van der Waals surface area contributed by atoms with Crippen LogP contribution in [0.3, 0.4) is 0 Å². The SMILES string of the molecule is C=CCN(CCC)C(=O)[C@@H]1[C@@H]2CC(C)C3(S2)C(C(=O)N(CC=C)C(C)CCC)N(CCO)C(=O)[C@H]13. The van der Waals surface area contributed by atoms with E-state index in [1.165, 1.54) is 0 Å². The number of thioether (sulfide) groups is 1. The van der Waals surface area contributed by atoms with Gasteiger partial charge in [0.2, 0.25) is 17.7 Å². The Hall–Kier alpha value is -1.80. The molecule has 35 heavy (non-hydrogen) atoms. The number of carbonyl (C=O) groups is 3. The number of carbonyl (C=O) groups excluding carboxylic acids is 3. The van der Waals surface area contributed by atoms with Crippen LogP contribution >= 0.6 is 11.8 Å². The minimum absolute atomic E-state index is 0.00396. The summed E-state index contributed by atoms with van der Waals surface area (Å²) in [5, 5.41) is 9.87. The second-order valence-electron chi connectivity index (χ2n) is 10.3. The normalized spacial score (nSPS) is 31.9. The smallest absolute Gasteiger partial charge is 0.247 e. The van der Waals surface area contributed by atoms with Crippen LogP contribution < -0.4 is 0 Å². The van der Waals surface area contributed by atoms with Gasteiger partial charge in [0.15, 0.2) is 0 Å². The van der Waals surface area contributed by atoms with Gasteiger partial charge in [0.25, 0.3) is 0 Å². The first-order valence-corrected chi connectivity index (χ1v) is 14.0. The predicted molar refractivity (Wildman–Crippen MR) is 141 cm³/mol. The van der Waals surface area contributed by atoms with E-state index in [-0.39, 0.29) is 48.1 Å². The molecular formula is C27H43N3O4S. The van der Waals surface area contributed by atoms with Crippen molar-refractivity contribution >= 4 is 29.5 Å². The van der Waals surface area contributed by atoms with Gasteiger partial charge >= 0.3 is 0 Å². The lowest BCUT2D eigenvalue weighted by atomic mass is 9.65. The number of fused-ring (bicyclic) bond motifs is 1. The van der Waals surface area contributed by atoms with Crippen molar-refractivity contribution in [1.82, 2.24) is 14.7 Å². The van der Waals surface area contributed by atoms with Gasteiger partial charge in [0.05, 0.1) is 23.2 Å². The molecule has 7 atom stereocenters. The first-order valence-electron chi connectivity index (χ1n) is 13.1. The molecule has 7 nitrogen and oxygen atoms in total. The standard InChI is InChI=1S/C27H43N3O4S/c1-7-11-19(6)29(14-10-4)26(34)23-27-18(5)17-20(35-27)21(22(27)25(33)30(23)15-16-31)24(32)28(12-8-2)13-9-3/h8,10,18-23,31H,2,4,7,9,11-17H2,1,3,5-6H3/t18?,19?,20-,21+,22-,23?,27?/m0/s1. The molecule has 0 aromatic heterocycles. The van der Waals surface area contributed by atoms with E-state index >= 15 is 0 Å².